The first-order chi connectivity index (χ1) is 13.4. The third kappa shape index (κ3) is 3.67. The van der Waals surface area contributed by atoms with Gasteiger partial charge in [-0.15, -0.1) is 0 Å². The first-order valence-corrected chi connectivity index (χ1v) is 10.2. The molecule has 0 saturated carbocycles. The normalized spacial score (nSPS) is 11.2. The van der Waals surface area contributed by atoms with Crippen molar-refractivity contribution < 1.29 is 8.42 Å². The van der Waals surface area contributed by atoms with Crippen LogP contribution < -0.4 is 5.14 Å². The number of primary sulfonamides is 1. The van der Waals surface area contributed by atoms with Gasteiger partial charge in [0.1, 0.15) is 0 Å². The Morgan fingerprint density at radius 3 is 2.57 bits per heavy atom. The largest absolute Gasteiger partial charge is 0.331 e. The predicted molar refractivity (Wildman–Crippen MR) is 110 cm³/mol. The van der Waals surface area contributed by atoms with Gasteiger partial charge in [-0.1, -0.05) is 42.3 Å². The van der Waals surface area contributed by atoms with Gasteiger partial charge in [0.25, 0.3) is 0 Å². The molecule has 0 unspecified atom stereocenters. The van der Waals surface area contributed by atoms with Crippen LogP contribution in [-0.2, 0) is 10.0 Å². The summed E-state index contributed by atoms with van der Waals surface area (Å²) in [6, 6.07) is 20.1. The van der Waals surface area contributed by atoms with Crippen molar-refractivity contribution in [1.29, 1.82) is 0 Å². The van der Waals surface area contributed by atoms with Crippen LogP contribution in [0.3, 0.4) is 0 Å². The van der Waals surface area contributed by atoms with Crippen molar-refractivity contribution in [3.63, 3.8) is 0 Å². The third-order valence-corrected chi connectivity index (χ3v) is 5.30. The third-order valence-electron chi connectivity index (χ3n) is 4.33. The molecular formula is C22H17N3O2S. The van der Waals surface area contributed by atoms with Gasteiger partial charge < -0.3 is 4.98 Å². The Kier molecular flexibility index (Phi) is 4.47. The van der Waals surface area contributed by atoms with Gasteiger partial charge in [-0.05, 0) is 54.3 Å². The van der Waals surface area contributed by atoms with E-state index >= 15 is 0 Å². The molecule has 5 nitrogen and oxygen atoms in total. The Labute approximate surface area is 163 Å². The SMILES string of the molecule is Cc1cccc(C#Cc2nc3ccc(-c4ccccc4S(N)(=O)=O)cc3[nH]2)c1. The number of aryl methyl sites for hydroxylation is 1. The highest BCUT2D eigenvalue weighted by Gasteiger charge is 2.15. The van der Waals surface area contributed by atoms with E-state index in [1.165, 1.54) is 6.07 Å². The summed E-state index contributed by atoms with van der Waals surface area (Å²) in [6.07, 6.45) is 0. The second-order valence-corrected chi connectivity index (χ2v) is 8.01. The van der Waals surface area contributed by atoms with Crippen LogP contribution in [0.1, 0.15) is 17.0 Å². The van der Waals surface area contributed by atoms with E-state index in [1.54, 1.807) is 18.2 Å². The summed E-state index contributed by atoms with van der Waals surface area (Å²) < 4.78 is 23.8. The minimum absolute atomic E-state index is 0.0910. The second-order valence-electron chi connectivity index (χ2n) is 6.48. The molecule has 0 spiro atoms. The second kappa shape index (κ2) is 6.97. The molecule has 0 amide bonds. The number of nitrogens with one attached hydrogen (secondary N) is 1. The lowest BCUT2D eigenvalue weighted by atomic mass is 10.1. The molecule has 28 heavy (non-hydrogen) atoms. The molecule has 4 rings (SSSR count). The van der Waals surface area contributed by atoms with Crippen LogP contribution in [-0.4, -0.2) is 18.4 Å². The Morgan fingerprint density at radius 1 is 0.964 bits per heavy atom. The molecule has 1 heterocycles. The van der Waals surface area contributed by atoms with Crippen molar-refractivity contribution in [2.75, 3.05) is 0 Å². The van der Waals surface area contributed by atoms with E-state index in [1.807, 2.05) is 49.4 Å². The summed E-state index contributed by atoms with van der Waals surface area (Å²) in [5.41, 5.74) is 4.88. The van der Waals surface area contributed by atoms with Gasteiger partial charge in [0.05, 0.1) is 15.9 Å². The maximum atomic E-state index is 11.9. The minimum atomic E-state index is -3.82. The molecular weight excluding hydrogens is 370 g/mol. The summed E-state index contributed by atoms with van der Waals surface area (Å²) in [5, 5.41) is 5.35. The highest BCUT2D eigenvalue weighted by atomic mass is 32.2. The predicted octanol–water partition coefficient (Wildman–Crippen LogP) is 3.59. The quantitative estimate of drug-likeness (QED) is 0.515. The lowest BCUT2D eigenvalue weighted by molar-refractivity contribution is 0.598. The zero-order valence-corrected chi connectivity index (χ0v) is 15.9. The van der Waals surface area contributed by atoms with Crippen LogP contribution in [0.5, 0.6) is 0 Å². The van der Waals surface area contributed by atoms with E-state index in [2.05, 4.69) is 21.8 Å². The lowest BCUT2D eigenvalue weighted by Crippen LogP contribution is -2.13. The maximum absolute atomic E-state index is 11.9. The number of H-pyrrole nitrogens is 1. The van der Waals surface area contributed by atoms with Gasteiger partial charge in [-0.25, -0.2) is 18.5 Å². The van der Waals surface area contributed by atoms with Gasteiger partial charge in [0.2, 0.25) is 10.0 Å². The minimum Gasteiger partial charge on any atom is -0.331 e. The number of imidazole rings is 1. The average Bonchev–Trinajstić information content (AvgIpc) is 3.08. The number of fused-ring (bicyclic) bond motifs is 1. The average molecular weight is 387 g/mol. The first kappa shape index (κ1) is 18.0. The van der Waals surface area contributed by atoms with Crippen molar-refractivity contribution in [3.8, 4) is 23.0 Å². The van der Waals surface area contributed by atoms with Crippen LogP contribution in [0.2, 0.25) is 0 Å². The maximum Gasteiger partial charge on any atom is 0.238 e. The number of hydrogen-bond donors (Lipinski definition) is 2. The van der Waals surface area contributed by atoms with Crippen molar-refractivity contribution in [1.82, 2.24) is 9.97 Å². The fourth-order valence-electron chi connectivity index (χ4n) is 3.04. The standard InChI is InChI=1S/C22H17N3O2S/c1-15-5-4-6-16(13-15)9-12-22-24-19-11-10-17(14-20(19)25-22)18-7-2-3-8-21(18)28(23,26)27/h2-8,10-11,13-14H,1H3,(H,24,25)(H2,23,26,27). The molecule has 0 bridgehead atoms. The molecule has 0 aliphatic rings. The first-order valence-electron chi connectivity index (χ1n) is 8.61. The summed E-state index contributed by atoms with van der Waals surface area (Å²) in [6.45, 7) is 2.02. The molecule has 0 radical (unpaired) electrons. The molecule has 3 aromatic carbocycles. The van der Waals surface area contributed by atoms with Crippen LogP contribution >= 0.6 is 0 Å². The van der Waals surface area contributed by atoms with Crippen molar-refractivity contribution in [2.45, 2.75) is 11.8 Å². The van der Waals surface area contributed by atoms with E-state index in [0.29, 0.717) is 11.4 Å². The lowest BCUT2D eigenvalue weighted by Gasteiger charge is -2.07. The van der Waals surface area contributed by atoms with E-state index in [9.17, 15) is 8.42 Å². The summed E-state index contributed by atoms with van der Waals surface area (Å²) in [7, 11) is -3.82. The highest BCUT2D eigenvalue weighted by Crippen LogP contribution is 2.28. The van der Waals surface area contributed by atoms with E-state index in [-0.39, 0.29) is 4.90 Å². The van der Waals surface area contributed by atoms with Crippen molar-refractivity contribution >= 4 is 21.1 Å². The van der Waals surface area contributed by atoms with E-state index in [0.717, 1.165) is 27.7 Å². The van der Waals surface area contributed by atoms with Gasteiger partial charge in [-0.3, -0.25) is 0 Å². The van der Waals surface area contributed by atoms with Crippen molar-refractivity contribution in [3.05, 3.63) is 83.7 Å². The molecule has 4 aromatic rings. The van der Waals surface area contributed by atoms with Gasteiger partial charge in [-0.2, -0.15) is 0 Å². The van der Waals surface area contributed by atoms with Gasteiger partial charge in [0.15, 0.2) is 5.82 Å². The summed E-state index contributed by atoms with van der Waals surface area (Å²) in [4.78, 5) is 7.76. The van der Waals surface area contributed by atoms with Crippen molar-refractivity contribution in [2.24, 2.45) is 5.14 Å². The number of sulfonamides is 1. The van der Waals surface area contributed by atoms with Crippen LogP contribution in [0.25, 0.3) is 22.2 Å². The molecule has 138 valence electrons. The fourth-order valence-corrected chi connectivity index (χ4v) is 3.80. The number of benzene rings is 3. The molecule has 0 atom stereocenters. The number of rotatable bonds is 2. The smallest absolute Gasteiger partial charge is 0.238 e. The van der Waals surface area contributed by atoms with Gasteiger partial charge in [0, 0.05) is 11.1 Å². The number of nitrogens with two attached hydrogens (primary N) is 1. The number of nitrogens with zero attached hydrogens (tertiary/aromatic N) is 1. The summed E-state index contributed by atoms with van der Waals surface area (Å²) >= 11 is 0. The molecule has 0 fully saturated rings. The number of aromatic nitrogens is 2. The molecule has 0 aliphatic carbocycles. The molecule has 0 saturated heterocycles. The zero-order chi connectivity index (χ0) is 19.7. The Balaban J connectivity index is 1.75. The monoisotopic (exact) mass is 387 g/mol. The number of aromatic amines is 1. The van der Waals surface area contributed by atoms with Crippen LogP contribution in [0, 0.1) is 18.8 Å². The molecule has 0 aliphatic heterocycles. The molecule has 1 aromatic heterocycles. The Bertz CT molecular complexity index is 1360. The van der Waals surface area contributed by atoms with Crippen LogP contribution in [0.4, 0.5) is 0 Å². The topological polar surface area (TPSA) is 88.8 Å². The molecule has 3 N–H and O–H groups in total. The summed E-state index contributed by atoms with van der Waals surface area (Å²) in [5.74, 6) is 6.69. The zero-order valence-electron chi connectivity index (χ0n) is 15.1. The van der Waals surface area contributed by atoms with E-state index in [4.69, 9.17) is 5.14 Å². The Hall–Kier alpha value is -3.40. The fraction of sp³-hybridized carbons (Fsp3) is 0.0455. The van der Waals surface area contributed by atoms with E-state index < -0.39 is 10.0 Å². The molecule has 6 heteroatoms. The van der Waals surface area contributed by atoms with Gasteiger partial charge >= 0.3 is 0 Å². The Morgan fingerprint density at radius 2 is 1.79 bits per heavy atom. The van der Waals surface area contributed by atoms with Crippen LogP contribution in [0.15, 0.2) is 71.6 Å². The number of hydrogen-bond acceptors (Lipinski definition) is 3. The highest BCUT2D eigenvalue weighted by molar-refractivity contribution is 7.89.